The van der Waals surface area contributed by atoms with Gasteiger partial charge in [0.15, 0.2) is 0 Å². The van der Waals surface area contributed by atoms with E-state index in [0.717, 1.165) is 16.5 Å². The number of rotatable bonds is 2. The lowest BCUT2D eigenvalue weighted by Gasteiger charge is -2.00. The molecule has 0 atom stereocenters. The molecule has 1 aromatic carbocycles. The summed E-state index contributed by atoms with van der Waals surface area (Å²) < 4.78 is 1.00. The van der Waals surface area contributed by atoms with Crippen molar-refractivity contribution in [1.82, 2.24) is 0 Å². The van der Waals surface area contributed by atoms with Gasteiger partial charge in [-0.25, -0.2) is 4.79 Å². The van der Waals surface area contributed by atoms with Gasteiger partial charge in [0.05, 0.1) is 5.69 Å². The van der Waals surface area contributed by atoms with Gasteiger partial charge in [-0.3, -0.25) is 0 Å². The van der Waals surface area contributed by atoms with Crippen LogP contribution in [-0.4, -0.2) is 6.08 Å². The predicted molar refractivity (Wildman–Crippen MR) is 51.3 cm³/mol. The molecule has 0 aliphatic carbocycles. The maximum absolute atomic E-state index is 10.0. The standard InChI is InChI=1S/C9H8BrNO/c1-2-7-5-8(10)3-4-9(7)11-6-12/h3-5H,2H2,1H3. The van der Waals surface area contributed by atoms with Gasteiger partial charge in [-0.2, -0.15) is 4.99 Å². The molecule has 0 radical (unpaired) electrons. The highest BCUT2D eigenvalue weighted by atomic mass is 79.9. The highest BCUT2D eigenvalue weighted by Crippen LogP contribution is 2.23. The molecule has 12 heavy (non-hydrogen) atoms. The molecule has 0 unspecified atom stereocenters. The van der Waals surface area contributed by atoms with Crippen LogP contribution in [0.25, 0.3) is 0 Å². The van der Waals surface area contributed by atoms with Crippen molar-refractivity contribution < 1.29 is 4.79 Å². The van der Waals surface area contributed by atoms with E-state index < -0.39 is 0 Å². The number of halogens is 1. The molecule has 0 amide bonds. The summed E-state index contributed by atoms with van der Waals surface area (Å²) in [7, 11) is 0. The Hall–Kier alpha value is -0.920. The van der Waals surface area contributed by atoms with Crippen molar-refractivity contribution in [2.24, 2.45) is 4.99 Å². The number of benzene rings is 1. The lowest BCUT2D eigenvalue weighted by atomic mass is 10.1. The number of aliphatic imine (C=N–C) groups is 1. The summed E-state index contributed by atoms with van der Waals surface area (Å²) in [6.07, 6.45) is 2.40. The maximum atomic E-state index is 10.0. The van der Waals surface area contributed by atoms with Crippen LogP contribution in [0.15, 0.2) is 27.7 Å². The van der Waals surface area contributed by atoms with E-state index in [-0.39, 0.29) is 0 Å². The first kappa shape index (κ1) is 9.17. The van der Waals surface area contributed by atoms with Crippen molar-refractivity contribution in [3.05, 3.63) is 28.2 Å². The van der Waals surface area contributed by atoms with Crippen molar-refractivity contribution in [1.29, 1.82) is 0 Å². The molecule has 0 spiro atoms. The van der Waals surface area contributed by atoms with Gasteiger partial charge in [0, 0.05) is 4.47 Å². The molecule has 0 fully saturated rings. The summed E-state index contributed by atoms with van der Waals surface area (Å²) in [6, 6.07) is 5.61. The van der Waals surface area contributed by atoms with E-state index in [4.69, 9.17) is 0 Å². The Morgan fingerprint density at radius 1 is 1.58 bits per heavy atom. The van der Waals surface area contributed by atoms with Gasteiger partial charge in [-0.1, -0.05) is 22.9 Å². The Morgan fingerprint density at radius 2 is 2.33 bits per heavy atom. The van der Waals surface area contributed by atoms with Gasteiger partial charge in [0.2, 0.25) is 6.08 Å². The number of hydrogen-bond acceptors (Lipinski definition) is 2. The largest absolute Gasteiger partial charge is 0.240 e. The molecule has 0 aliphatic rings. The van der Waals surface area contributed by atoms with Crippen molar-refractivity contribution in [2.45, 2.75) is 13.3 Å². The molecule has 0 aliphatic heterocycles. The Labute approximate surface area is 79.5 Å². The second-order valence-corrected chi connectivity index (χ2v) is 3.25. The zero-order chi connectivity index (χ0) is 8.97. The number of carbonyl (C=O) groups excluding carboxylic acids is 1. The van der Waals surface area contributed by atoms with E-state index in [0.29, 0.717) is 5.69 Å². The summed E-state index contributed by atoms with van der Waals surface area (Å²) >= 11 is 3.35. The summed E-state index contributed by atoms with van der Waals surface area (Å²) in [4.78, 5) is 13.6. The van der Waals surface area contributed by atoms with E-state index >= 15 is 0 Å². The fraction of sp³-hybridized carbons (Fsp3) is 0.222. The highest BCUT2D eigenvalue weighted by molar-refractivity contribution is 9.10. The SMILES string of the molecule is CCc1cc(Br)ccc1N=C=O. The molecule has 62 valence electrons. The van der Waals surface area contributed by atoms with Crippen LogP contribution in [-0.2, 0) is 11.2 Å². The van der Waals surface area contributed by atoms with Crippen LogP contribution in [0.1, 0.15) is 12.5 Å². The summed E-state index contributed by atoms with van der Waals surface area (Å²) in [6.45, 7) is 2.02. The van der Waals surface area contributed by atoms with Crippen molar-refractivity contribution in [3.8, 4) is 0 Å². The molecule has 0 N–H and O–H groups in total. The van der Waals surface area contributed by atoms with Gasteiger partial charge < -0.3 is 0 Å². The molecular weight excluding hydrogens is 218 g/mol. The monoisotopic (exact) mass is 225 g/mol. The second-order valence-electron chi connectivity index (χ2n) is 2.33. The van der Waals surface area contributed by atoms with Crippen LogP contribution in [0, 0.1) is 0 Å². The molecule has 1 rings (SSSR count). The summed E-state index contributed by atoms with van der Waals surface area (Å²) in [5.41, 5.74) is 1.75. The number of nitrogens with zero attached hydrogens (tertiary/aromatic N) is 1. The van der Waals surface area contributed by atoms with Gasteiger partial charge in [-0.15, -0.1) is 0 Å². The van der Waals surface area contributed by atoms with Crippen molar-refractivity contribution in [2.75, 3.05) is 0 Å². The van der Waals surface area contributed by atoms with Gasteiger partial charge in [0.1, 0.15) is 0 Å². The second kappa shape index (κ2) is 4.19. The first-order chi connectivity index (χ1) is 5.77. The van der Waals surface area contributed by atoms with Crippen LogP contribution in [0.3, 0.4) is 0 Å². The van der Waals surface area contributed by atoms with Crippen molar-refractivity contribution in [3.63, 3.8) is 0 Å². The van der Waals surface area contributed by atoms with E-state index in [2.05, 4.69) is 20.9 Å². The molecule has 3 heteroatoms. The minimum absolute atomic E-state index is 0.704. The Kier molecular flexibility index (Phi) is 3.20. The average molecular weight is 226 g/mol. The minimum atomic E-state index is 0.704. The first-order valence-corrected chi connectivity index (χ1v) is 4.43. The third-order valence-electron chi connectivity index (χ3n) is 1.59. The smallest absolute Gasteiger partial charge is 0.211 e. The number of isocyanates is 1. The topological polar surface area (TPSA) is 29.4 Å². The molecule has 0 aromatic heterocycles. The lowest BCUT2D eigenvalue weighted by Crippen LogP contribution is -1.80. The van der Waals surface area contributed by atoms with E-state index in [1.54, 1.807) is 6.07 Å². The quantitative estimate of drug-likeness (QED) is 0.563. The Bertz CT molecular complexity index is 329. The van der Waals surface area contributed by atoms with Gasteiger partial charge >= 0.3 is 0 Å². The van der Waals surface area contributed by atoms with E-state index in [1.807, 2.05) is 19.1 Å². The van der Waals surface area contributed by atoms with Crippen LogP contribution in [0.5, 0.6) is 0 Å². The van der Waals surface area contributed by atoms with Crippen LogP contribution in [0.2, 0.25) is 0 Å². The average Bonchev–Trinajstić information content (AvgIpc) is 2.08. The number of aryl methyl sites for hydroxylation is 1. The summed E-state index contributed by atoms with van der Waals surface area (Å²) in [5, 5.41) is 0. The zero-order valence-electron chi connectivity index (χ0n) is 6.67. The molecule has 0 saturated heterocycles. The fourth-order valence-corrected chi connectivity index (χ4v) is 1.40. The Morgan fingerprint density at radius 3 is 2.92 bits per heavy atom. The normalized spacial score (nSPS) is 9.17. The summed E-state index contributed by atoms with van der Waals surface area (Å²) in [5.74, 6) is 0. The maximum Gasteiger partial charge on any atom is 0.240 e. The Balaban J connectivity index is 3.19. The predicted octanol–water partition coefficient (Wildman–Crippen LogP) is 2.98. The van der Waals surface area contributed by atoms with Crippen LogP contribution >= 0.6 is 15.9 Å². The van der Waals surface area contributed by atoms with Gasteiger partial charge in [0.25, 0.3) is 0 Å². The molecule has 1 aromatic rings. The third-order valence-corrected chi connectivity index (χ3v) is 2.08. The molecule has 0 heterocycles. The van der Waals surface area contributed by atoms with Gasteiger partial charge in [-0.05, 0) is 30.2 Å². The molecule has 2 nitrogen and oxygen atoms in total. The molecular formula is C9H8BrNO. The fourth-order valence-electron chi connectivity index (χ4n) is 0.996. The molecule has 0 bridgehead atoms. The van der Waals surface area contributed by atoms with Crippen LogP contribution < -0.4 is 0 Å². The highest BCUT2D eigenvalue weighted by Gasteiger charge is 1.98. The zero-order valence-corrected chi connectivity index (χ0v) is 8.26. The third kappa shape index (κ3) is 2.03. The minimum Gasteiger partial charge on any atom is -0.211 e. The number of hydrogen-bond donors (Lipinski definition) is 0. The first-order valence-electron chi connectivity index (χ1n) is 3.64. The van der Waals surface area contributed by atoms with Crippen molar-refractivity contribution >= 4 is 27.7 Å². The lowest BCUT2D eigenvalue weighted by molar-refractivity contribution is 0.565. The van der Waals surface area contributed by atoms with E-state index in [9.17, 15) is 4.79 Å². The van der Waals surface area contributed by atoms with E-state index in [1.165, 1.54) is 6.08 Å². The van der Waals surface area contributed by atoms with Crippen LogP contribution in [0.4, 0.5) is 5.69 Å². The molecule has 0 saturated carbocycles.